The maximum absolute atomic E-state index is 12.6. The molecular formula is C21H20N2O3. The Kier molecular flexibility index (Phi) is 5.49. The monoisotopic (exact) mass is 348 g/mol. The van der Waals surface area contributed by atoms with Gasteiger partial charge in [0, 0.05) is 0 Å². The minimum Gasteiger partial charge on any atom is -0.463 e. The van der Waals surface area contributed by atoms with Crippen molar-refractivity contribution >= 4 is 18.1 Å². The molecule has 0 bridgehead atoms. The van der Waals surface area contributed by atoms with Gasteiger partial charge in [-0.05, 0) is 24.1 Å². The summed E-state index contributed by atoms with van der Waals surface area (Å²) < 4.78 is 5.23. The molecule has 1 unspecified atom stereocenters. The fraction of sp³-hybridized carbons (Fsp3) is 0.143. The van der Waals surface area contributed by atoms with E-state index in [0.29, 0.717) is 11.3 Å². The minimum atomic E-state index is -0.570. The maximum atomic E-state index is 12.6. The summed E-state index contributed by atoms with van der Waals surface area (Å²) in [7, 11) is 0. The first-order chi connectivity index (χ1) is 12.7. The number of allylic oxidation sites excluding steroid dienone is 1. The lowest BCUT2D eigenvalue weighted by Crippen LogP contribution is -2.45. The summed E-state index contributed by atoms with van der Waals surface area (Å²) >= 11 is 0. The van der Waals surface area contributed by atoms with E-state index in [1.54, 1.807) is 13.0 Å². The molecule has 0 saturated heterocycles. The second kappa shape index (κ2) is 8.16. The molecule has 5 heteroatoms. The van der Waals surface area contributed by atoms with Crippen LogP contribution >= 0.6 is 0 Å². The number of nitrogens with one attached hydrogen (secondary N) is 2. The third-order valence-corrected chi connectivity index (χ3v) is 3.97. The van der Waals surface area contributed by atoms with Crippen LogP contribution in [0.1, 0.15) is 24.1 Å². The largest absolute Gasteiger partial charge is 0.463 e. The Bertz CT molecular complexity index is 842. The van der Waals surface area contributed by atoms with Gasteiger partial charge in [-0.25, -0.2) is 9.59 Å². The third kappa shape index (κ3) is 4.00. The van der Waals surface area contributed by atoms with Gasteiger partial charge in [-0.3, -0.25) is 0 Å². The Labute approximate surface area is 152 Å². The summed E-state index contributed by atoms with van der Waals surface area (Å²) in [5.74, 6) is -0.457. The van der Waals surface area contributed by atoms with E-state index in [0.717, 1.165) is 11.1 Å². The van der Waals surface area contributed by atoms with Gasteiger partial charge in [-0.15, -0.1) is 0 Å². The van der Waals surface area contributed by atoms with E-state index in [2.05, 4.69) is 10.6 Å². The molecule has 0 aromatic heterocycles. The van der Waals surface area contributed by atoms with Gasteiger partial charge in [0.25, 0.3) is 0 Å². The SMILES string of the molecule is CCOC(=O)C1=C(/C=C/c2ccccc2)NC(=O)NC1c1ccccc1. The fourth-order valence-electron chi connectivity index (χ4n) is 2.79. The average Bonchev–Trinajstić information content (AvgIpc) is 2.67. The van der Waals surface area contributed by atoms with Crippen LogP contribution in [0.25, 0.3) is 6.08 Å². The van der Waals surface area contributed by atoms with Crippen molar-refractivity contribution in [2.45, 2.75) is 13.0 Å². The lowest BCUT2D eigenvalue weighted by molar-refractivity contribution is -0.139. The molecule has 2 aromatic carbocycles. The smallest absolute Gasteiger partial charge is 0.338 e. The number of esters is 1. The van der Waals surface area contributed by atoms with Gasteiger partial charge in [-0.2, -0.15) is 0 Å². The van der Waals surface area contributed by atoms with Crippen molar-refractivity contribution in [3.05, 3.63) is 89.1 Å². The molecule has 2 N–H and O–H groups in total. The predicted octanol–water partition coefficient (Wildman–Crippen LogP) is 3.57. The Morgan fingerprint density at radius 2 is 1.69 bits per heavy atom. The van der Waals surface area contributed by atoms with E-state index < -0.39 is 12.0 Å². The average molecular weight is 348 g/mol. The van der Waals surface area contributed by atoms with E-state index in [4.69, 9.17) is 4.74 Å². The van der Waals surface area contributed by atoms with Crippen LogP contribution in [0.2, 0.25) is 0 Å². The molecule has 0 saturated carbocycles. The maximum Gasteiger partial charge on any atom is 0.338 e. The number of amides is 2. The molecule has 1 atom stereocenters. The predicted molar refractivity (Wildman–Crippen MR) is 100.0 cm³/mol. The molecule has 3 rings (SSSR count). The van der Waals surface area contributed by atoms with Gasteiger partial charge in [0.15, 0.2) is 0 Å². The van der Waals surface area contributed by atoms with E-state index in [1.165, 1.54) is 0 Å². The highest BCUT2D eigenvalue weighted by atomic mass is 16.5. The molecular weight excluding hydrogens is 328 g/mol. The van der Waals surface area contributed by atoms with E-state index in [-0.39, 0.29) is 12.6 Å². The van der Waals surface area contributed by atoms with Gasteiger partial charge in [0.1, 0.15) is 0 Å². The van der Waals surface area contributed by atoms with Crippen molar-refractivity contribution in [3.63, 3.8) is 0 Å². The molecule has 26 heavy (non-hydrogen) atoms. The van der Waals surface area contributed by atoms with Crippen molar-refractivity contribution in [1.82, 2.24) is 10.6 Å². The number of hydrogen-bond donors (Lipinski definition) is 2. The van der Waals surface area contributed by atoms with Crippen LogP contribution in [0, 0.1) is 0 Å². The quantitative estimate of drug-likeness (QED) is 0.812. The van der Waals surface area contributed by atoms with Crippen LogP contribution in [0.5, 0.6) is 0 Å². The molecule has 132 valence electrons. The number of ether oxygens (including phenoxy) is 1. The first-order valence-corrected chi connectivity index (χ1v) is 8.46. The summed E-state index contributed by atoms with van der Waals surface area (Å²) in [6.07, 6.45) is 3.58. The van der Waals surface area contributed by atoms with Crippen molar-refractivity contribution in [1.29, 1.82) is 0 Å². The minimum absolute atomic E-state index is 0.257. The second-order valence-corrected chi connectivity index (χ2v) is 5.73. The normalized spacial score (nSPS) is 17.0. The summed E-state index contributed by atoms with van der Waals surface area (Å²) in [5, 5.41) is 5.53. The van der Waals surface area contributed by atoms with Crippen molar-refractivity contribution in [2.75, 3.05) is 6.61 Å². The van der Waals surface area contributed by atoms with Crippen LogP contribution in [0.4, 0.5) is 4.79 Å². The fourth-order valence-corrected chi connectivity index (χ4v) is 2.79. The summed E-state index contributed by atoms with van der Waals surface area (Å²) in [5.41, 5.74) is 2.60. The number of benzene rings is 2. The standard InChI is InChI=1S/C21H20N2O3/c1-2-26-20(24)18-17(14-13-15-9-5-3-6-10-15)22-21(25)23-19(18)16-11-7-4-8-12-16/h3-14,19H,2H2,1H3,(H2,22,23,25)/b14-13+. The van der Waals surface area contributed by atoms with Gasteiger partial charge < -0.3 is 15.4 Å². The molecule has 5 nitrogen and oxygen atoms in total. The first-order valence-electron chi connectivity index (χ1n) is 8.46. The highest BCUT2D eigenvalue weighted by molar-refractivity contribution is 5.96. The number of carbonyl (C=O) groups is 2. The molecule has 0 radical (unpaired) electrons. The van der Waals surface area contributed by atoms with E-state index in [9.17, 15) is 9.59 Å². The van der Waals surface area contributed by atoms with Crippen molar-refractivity contribution in [2.24, 2.45) is 0 Å². The summed E-state index contributed by atoms with van der Waals surface area (Å²) in [4.78, 5) is 24.8. The zero-order chi connectivity index (χ0) is 18.4. The molecule has 0 aliphatic carbocycles. The Balaban J connectivity index is 2.05. The van der Waals surface area contributed by atoms with Crippen LogP contribution in [-0.4, -0.2) is 18.6 Å². The number of urea groups is 1. The molecule has 0 spiro atoms. The number of carbonyl (C=O) groups excluding carboxylic acids is 2. The molecule has 0 fully saturated rings. The summed E-state index contributed by atoms with van der Waals surface area (Å²) in [6, 6.07) is 18.1. The van der Waals surface area contributed by atoms with Crippen molar-refractivity contribution in [3.8, 4) is 0 Å². The molecule has 1 heterocycles. The Hall–Kier alpha value is -3.34. The molecule has 1 aliphatic rings. The van der Waals surface area contributed by atoms with E-state index in [1.807, 2.05) is 66.7 Å². The summed E-state index contributed by atoms with van der Waals surface area (Å²) in [6.45, 7) is 2.01. The number of rotatable bonds is 5. The lowest BCUT2D eigenvalue weighted by atomic mass is 9.95. The highest BCUT2D eigenvalue weighted by Gasteiger charge is 2.32. The zero-order valence-electron chi connectivity index (χ0n) is 14.4. The lowest BCUT2D eigenvalue weighted by Gasteiger charge is -2.28. The van der Waals surface area contributed by atoms with Crippen molar-refractivity contribution < 1.29 is 14.3 Å². The zero-order valence-corrected chi connectivity index (χ0v) is 14.4. The van der Waals surface area contributed by atoms with E-state index >= 15 is 0 Å². The molecule has 2 amide bonds. The van der Waals surface area contributed by atoms with Gasteiger partial charge in [0.2, 0.25) is 0 Å². The van der Waals surface area contributed by atoms with Crippen LogP contribution in [0.15, 0.2) is 78.0 Å². The highest BCUT2D eigenvalue weighted by Crippen LogP contribution is 2.28. The Morgan fingerprint density at radius 3 is 2.35 bits per heavy atom. The molecule has 2 aromatic rings. The van der Waals surface area contributed by atoms with Gasteiger partial charge in [-0.1, -0.05) is 66.7 Å². The van der Waals surface area contributed by atoms with Gasteiger partial charge in [0.05, 0.1) is 23.9 Å². The third-order valence-electron chi connectivity index (χ3n) is 3.97. The molecule has 1 aliphatic heterocycles. The number of hydrogen-bond acceptors (Lipinski definition) is 3. The van der Waals surface area contributed by atoms with Crippen LogP contribution in [-0.2, 0) is 9.53 Å². The Morgan fingerprint density at radius 1 is 1.04 bits per heavy atom. The van der Waals surface area contributed by atoms with Crippen LogP contribution in [0.3, 0.4) is 0 Å². The van der Waals surface area contributed by atoms with Crippen LogP contribution < -0.4 is 10.6 Å². The first kappa shape index (κ1) is 17.5. The topological polar surface area (TPSA) is 67.4 Å². The van der Waals surface area contributed by atoms with Gasteiger partial charge >= 0.3 is 12.0 Å². The second-order valence-electron chi connectivity index (χ2n) is 5.73.